The van der Waals surface area contributed by atoms with Gasteiger partial charge in [0, 0.05) is 18.3 Å². The molecule has 0 atom stereocenters. The predicted octanol–water partition coefficient (Wildman–Crippen LogP) is 1.14. The standard InChI is InChI=1S/C10H17N3S/c11-4-3-10-13-9(7-14-10)6-12-5-8-1-2-8/h7-8,12H,1-6,11H2. The van der Waals surface area contributed by atoms with Crippen molar-refractivity contribution in [2.24, 2.45) is 11.7 Å². The Hall–Kier alpha value is -0.450. The molecule has 3 N–H and O–H groups in total. The molecule has 1 aromatic heterocycles. The van der Waals surface area contributed by atoms with Crippen molar-refractivity contribution in [3.8, 4) is 0 Å². The number of rotatable bonds is 6. The number of thiazole rings is 1. The second-order valence-electron chi connectivity index (χ2n) is 3.85. The Balaban J connectivity index is 1.71. The monoisotopic (exact) mass is 211 g/mol. The fraction of sp³-hybridized carbons (Fsp3) is 0.700. The van der Waals surface area contributed by atoms with E-state index >= 15 is 0 Å². The zero-order valence-electron chi connectivity index (χ0n) is 8.33. The molecule has 4 heteroatoms. The third kappa shape index (κ3) is 3.04. The van der Waals surface area contributed by atoms with Gasteiger partial charge in [-0.1, -0.05) is 0 Å². The molecule has 0 saturated heterocycles. The highest BCUT2D eigenvalue weighted by molar-refractivity contribution is 7.09. The maximum Gasteiger partial charge on any atom is 0.0941 e. The van der Waals surface area contributed by atoms with Gasteiger partial charge >= 0.3 is 0 Å². The van der Waals surface area contributed by atoms with Crippen LogP contribution in [0.5, 0.6) is 0 Å². The lowest BCUT2D eigenvalue weighted by molar-refractivity contribution is 0.631. The minimum atomic E-state index is 0.697. The molecule has 0 bridgehead atoms. The SMILES string of the molecule is NCCc1nc(CNCC2CC2)cs1. The van der Waals surface area contributed by atoms with Crippen molar-refractivity contribution in [2.75, 3.05) is 13.1 Å². The first-order valence-electron chi connectivity index (χ1n) is 5.22. The Morgan fingerprint density at radius 2 is 2.43 bits per heavy atom. The Bertz CT molecular complexity index is 281. The van der Waals surface area contributed by atoms with Crippen molar-refractivity contribution in [3.63, 3.8) is 0 Å². The molecule has 1 heterocycles. The summed E-state index contributed by atoms with van der Waals surface area (Å²) in [4.78, 5) is 4.49. The van der Waals surface area contributed by atoms with Crippen LogP contribution in [0.4, 0.5) is 0 Å². The minimum absolute atomic E-state index is 0.697. The van der Waals surface area contributed by atoms with E-state index in [4.69, 9.17) is 5.73 Å². The molecule has 1 aliphatic carbocycles. The molecule has 3 nitrogen and oxygen atoms in total. The van der Waals surface area contributed by atoms with Crippen molar-refractivity contribution < 1.29 is 0 Å². The van der Waals surface area contributed by atoms with Crippen LogP contribution in [0.25, 0.3) is 0 Å². The van der Waals surface area contributed by atoms with E-state index in [0.29, 0.717) is 6.54 Å². The number of nitrogens with zero attached hydrogens (tertiary/aromatic N) is 1. The number of nitrogens with two attached hydrogens (primary N) is 1. The summed E-state index contributed by atoms with van der Waals surface area (Å²) in [5, 5.41) is 6.72. The number of hydrogen-bond acceptors (Lipinski definition) is 4. The van der Waals surface area contributed by atoms with Crippen molar-refractivity contribution in [3.05, 3.63) is 16.1 Å². The molecular formula is C10H17N3S. The maximum atomic E-state index is 5.47. The minimum Gasteiger partial charge on any atom is -0.330 e. The molecular weight excluding hydrogens is 194 g/mol. The highest BCUT2D eigenvalue weighted by Crippen LogP contribution is 2.27. The number of hydrogen-bond donors (Lipinski definition) is 2. The van der Waals surface area contributed by atoms with Crippen LogP contribution in [0.2, 0.25) is 0 Å². The van der Waals surface area contributed by atoms with E-state index in [2.05, 4.69) is 15.7 Å². The fourth-order valence-electron chi connectivity index (χ4n) is 1.39. The second kappa shape index (κ2) is 4.87. The van der Waals surface area contributed by atoms with Crippen molar-refractivity contribution in [1.82, 2.24) is 10.3 Å². The van der Waals surface area contributed by atoms with Gasteiger partial charge in [-0.25, -0.2) is 4.98 Å². The normalized spacial score (nSPS) is 16.1. The largest absolute Gasteiger partial charge is 0.330 e. The summed E-state index contributed by atoms with van der Waals surface area (Å²) in [6.45, 7) is 2.77. The van der Waals surface area contributed by atoms with E-state index in [0.717, 1.165) is 30.4 Å². The Morgan fingerprint density at radius 1 is 1.57 bits per heavy atom. The fourth-order valence-corrected chi connectivity index (χ4v) is 2.21. The van der Waals surface area contributed by atoms with E-state index in [1.807, 2.05) is 0 Å². The van der Waals surface area contributed by atoms with Crippen LogP contribution < -0.4 is 11.1 Å². The molecule has 1 aromatic rings. The van der Waals surface area contributed by atoms with Gasteiger partial charge in [0.15, 0.2) is 0 Å². The summed E-state index contributed by atoms with van der Waals surface area (Å²) in [6, 6.07) is 0. The van der Waals surface area contributed by atoms with Crippen LogP contribution in [-0.2, 0) is 13.0 Å². The van der Waals surface area contributed by atoms with Crippen LogP contribution >= 0.6 is 11.3 Å². The zero-order chi connectivity index (χ0) is 9.80. The molecule has 0 aliphatic heterocycles. The van der Waals surface area contributed by atoms with Crippen molar-refractivity contribution in [1.29, 1.82) is 0 Å². The molecule has 0 unspecified atom stereocenters. The van der Waals surface area contributed by atoms with Gasteiger partial charge in [0.1, 0.15) is 0 Å². The van der Waals surface area contributed by atoms with E-state index < -0.39 is 0 Å². The van der Waals surface area contributed by atoms with Gasteiger partial charge in [-0.2, -0.15) is 0 Å². The number of aromatic nitrogens is 1. The molecule has 14 heavy (non-hydrogen) atoms. The van der Waals surface area contributed by atoms with Crippen LogP contribution in [0.1, 0.15) is 23.5 Å². The molecule has 1 saturated carbocycles. The third-order valence-corrected chi connectivity index (χ3v) is 3.35. The van der Waals surface area contributed by atoms with Crippen LogP contribution in [-0.4, -0.2) is 18.1 Å². The number of nitrogens with one attached hydrogen (secondary N) is 1. The van der Waals surface area contributed by atoms with Crippen molar-refractivity contribution in [2.45, 2.75) is 25.8 Å². The lowest BCUT2D eigenvalue weighted by Crippen LogP contribution is -2.16. The maximum absolute atomic E-state index is 5.47. The smallest absolute Gasteiger partial charge is 0.0941 e. The first-order valence-corrected chi connectivity index (χ1v) is 6.10. The molecule has 0 radical (unpaired) electrons. The van der Waals surface area contributed by atoms with Gasteiger partial charge in [0.2, 0.25) is 0 Å². The Labute approximate surface area is 88.7 Å². The van der Waals surface area contributed by atoms with E-state index in [1.54, 1.807) is 11.3 Å². The van der Waals surface area contributed by atoms with E-state index in [-0.39, 0.29) is 0 Å². The van der Waals surface area contributed by atoms with Gasteiger partial charge in [0.05, 0.1) is 10.7 Å². The first-order chi connectivity index (χ1) is 6.88. The quantitative estimate of drug-likeness (QED) is 0.742. The van der Waals surface area contributed by atoms with Gasteiger partial charge < -0.3 is 11.1 Å². The summed E-state index contributed by atoms with van der Waals surface area (Å²) in [5.74, 6) is 0.942. The van der Waals surface area contributed by atoms with E-state index in [9.17, 15) is 0 Å². The van der Waals surface area contributed by atoms with Gasteiger partial charge in [-0.15, -0.1) is 11.3 Å². The lowest BCUT2D eigenvalue weighted by atomic mass is 10.4. The second-order valence-corrected chi connectivity index (χ2v) is 4.79. The summed E-state index contributed by atoms with van der Waals surface area (Å²) in [5.41, 5.74) is 6.63. The topological polar surface area (TPSA) is 50.9 Å². The van der Waals surface area contributed by atoms with Gasteiger partial charge in [0.25, 0.3) is 0 Å². The summed E-state index contributed by atoms with van der Waals surface area (Å²) in [7, 11) is 0. The van der Waals surface area contributed by atoms with E-state index in [1.165, 1.54) is 18.5 Å². The first kappa shape index (κ1) is 10.1. The predicted molar refractivity (Wildman–Crippen MR) is 59.3 cm³/mol. The molecule has 2 rings (SSSR count). The molecule has 1 fully saturated rings. The van der Waals surface area contributed by atoms with Gasteiger partial charge in [-0.3, -0.25) is 0 Å². The lowest BCUT2D eigenvalue weighted by Gasteiger charge is -1.99. The van der Waals surface area contributed by atoms with Crippen LogP contribution in [0, 0.1) is 5.92 Å². The summed E-state index contributed by atoms with van der Waals surface area (Å²) >= 11 is 1.72. The Kier molecular flexibility index (Phi) is 3.50. The molecule has 0 aromatic carbocycles. The zero-order valence-corrected chi connectivity index (χ0v) is 9.15. The molecule has 1 aliphatic rings. The third-order valence-electron chi connectivity index (χ3n) is 2.39. The van der Waals surface area contributed by atoms with Crippen LogP contribution in [0.3, 0.4) is 0 Å². The Morgan fingerprint density at radius 3 is 3.14 bits per heavy atom. The molecule has 0 spiro atoms. The average Bonchev–Trinajstić information content (AvgIpc) is 2.88. The average molecular weight is 211 g/mol. The van der Waals surface area contributed by atoms with Gasteiger partial charge in [-0.05, 0) is 31.8 Å². The highest BCUT2D eigenvalue weighted by atomic mass is 32.1. The van der Waals surface area contributed by atoms with Crippen LogP contribution in [0.15, 0.2) is 5.38 Å². The summed E-state index contributed by atoms with van der Waals surface area (Å²) in [6.07, 6.45) is 3.72. The molecule has 78 valence electrons. The summed E-state index contributed by atoms with van der Waals surface area (Å²) < 4.78 is 0. The molecule has 0 amide bonds. The van der Waals surface area contributed by atoms with Crippen molar-refractivity contribution >= 4 is 11.3 Å². The highest BCUT2D eigenvalue weighted by Gasteiger charge is 2.20.